The van der Waals surface area contributed by atoms with Crippen molar-refractivity contribution >= 4 is 0 Å². The molecular formula is C24H22F4O2. The Labute approximate surface area is 173 Å². The van der Waals surface area contributed by atoms with Crippen LogP contribution in [0.25, 0.3) is 0 Å². The summed E-state index contributed by atoms with van der Waals surface area (Å²) >= 11 is 0. The number of hydrogen-bond donors (Lipinski definition) is 0. The Morgan fingerprint density at radius 1 is 0.700 bits per heavy atom. The van der Waals surface area contributed by atoms with E-state index >= 15 is 0 Å². The molecule has 0 atom stereocenters. The predicted octanol–water partition coefficient (Wildman–Crippen LogP) is 6.76. The molecule has 0 fully saturated rings. The van der Waals surface area contributed by atoms with Gasteiger partial charge in [0.2, 0.25) is 0 Å². The van der Waals surface area contributed by atoms with Crippen LogP contribution >= 0.6 is 0 Å². The molecule has 0 heterocycles. The molecular weight excluding hydrogens is 396 g/mol. The Balaban J connectivity index is 1.56. The van der Waals surface area contributed by atoms with Crippen molar-refractivity contribution in [2.24, 2.45) is 0 Å². The van der Waals surface area contributed by atoms with Gasteiger partial charge in [-0.3, -0.25) is 0 Å². The molecule has 0 aliphatic carbocycles. The lowest BCUT2D eigenvalue weighted by Crippen LogP contribution is -2.21. The summed E-state index contributed by atoms with van der Waals surface area (Å²) in [7, 11) is 0. The van der Waals surface area contributed by atoms with E-state index in [9.17, 15) is 17.6 Å². The molecule has 0 radical (unpaired) electrons. The molecule has 2 nitrogen and oxygen atoms in total. The summed E-state index contributed by atoms with van der Waals surface area (Å²) in [5.41, 5.74) is 2.70. The molecule has 3 rings (SSSR count). The van der Waals surface area contributed by atoms with Crippen molar-refractivity contribution in [1.82, 2.24) is 0 Å². The summed E-state index contributed by atoms with van der Waals surface area (Å²) in [6.07, 6.45) is -1.29. The molecule has 0 saturated carbocycles. The number of alkyl halides is 4. The van der Waals surface area contributed by atoms with Gasteiger partial charge >= 0.3 is 12.7 Å². The van der Waals surface area contributed by atoms with E-state index < -0.39 is 12.7 Å². The second kappa shape index (κ2) is 9.65. The van der Waals surface area contributed by atoms with E-state index in [1.54, 1.807) is 36.4 Å². The van der Waals surface area contributed by atoms with Gasteiger partial charge in [-0.15, -0.1) is 0 Å². The molecule has 3 aromatic carbocycles. The van der Waals surface area contributed by atoms with E-state index in [1.807, 2.05) is 6.92 Å². The fourth-order valence-electron chi connectivity index (χ4n) is 2.99. The van der Waals surface area contributed by atoms with Crippen molar-refractivity contribution < 1.29 is 27.0 Å². The molecule has 0 aliphatic rings. The summed E-state index contributed by atoms with van der Waals surface area (Å²) in [4.78, 5) is 0. The number of ether oxygens (including phenoxy) is 2. The van der Waals surface area contributed by atoms with Gasteiger partial charge in [0.05, 0.1) is 5.56 Å². The molecule has 0 aromatic heterocycles. The third-order valence-electron chi connectivity index (χ3n) is 4.72. The number of benzene rings is 3. The smallest absolute Gasteiger partial charge is 0.426 e. The van der Waals surface area contributed by atoms with E-state index in [1.165, 1.54) is 36.4 Å². The predicted molar refractivity (Wildman–Crippen MR) is 107 cm³/mol. The Morgan fingerprint density at radius 3 is 1.63 bits per heavy atom. The lowest BCUT2D eigenvalue weighted by molar-refractivity contribution is -0.185. The Kier molecular flexibility index (Phi) is 6.98. The van der Waals surface area contributed by atoms with Crippen LogP contribution in [0.15, 0.2) is 72.8 Å². The topological polar surface area (TPSA) is 18.5 Å². The van der Waals surface area contributed by atoms with Gasteiger partial charge in [0.15, 0.2) is 0 Å². The summed E-state index contributed by atoms with van der Waals surface area (Å²) in [5, 5.41) is 0. The van der Waals surface area contributed by atoms with E-state index in [-0.39, 0.29) is 17.1 Å². The zero-order chi connectivity index (χ0) is 21.6. The average Bonchev–Trinajstić information content (AvgIpc) is 2.74. The van der Waals surface area contributed by atoms with Gasteiger partial charge in [-0.05, 0) is 72.4 Å². The van der Waals surface area contributed by atoms with Gasteiger partial charge in [-0.25, -0.2) is 0 Å². The van der Waals surface area contributed by atoms with Crippen LogP contribution in [0.5, 0.6) is 11.5 Å². The van der Waals surface area contributed by atoms with Crippen LogP contribution in [0, 0.1) is 0 Å². The van der Waals surface area contributed by atoms with Crippen molar-refractivity contribution in [2.75, 3.05) is 0 Å². The molecule has 6 heteroatoms. The lowest BCUT2D eigenvalue weighted by Gasteiger charge is -2.18. The standard InChI is InChI=1S/C24H22F4O2/c1-2-17-5-11-20(12-6-17)24(27,28)30-22-15-9-19(10-16-22)4-3-18-7-13-21(14-8-18)29-23(25)26/h5-16,23H,2-4H2,1H3. The van der Waals surface area contributed by atoms with Crippen molar-refractivity contribution in [2.45, 2.75) is 38.9 Å². The highest BCUT2D eigenvalue weighted by atomic mass is 19.3. The van der Waals surface area contributed by atoms with Crippen LogP contribution < -0.4 is 9.47 Å². The van der Waals surface area contributed by atoms with Crippen LogP contribution in [-0.4, -0.2) is 6.61 Å². The average molecular weight is 418 g/mol. The summed E-state index contributed by atoms with van der Waals surface area (Å²) < 4.78 is 62.3. The fraction of sp³-hybridized carbons (Fsp3) is 0.250. The quantitative estimate of drug-likeness (QED) is 0.357. The zero-order valence-electron chi connectivity index (χ0n) is 16.5. The molecule has 0 N–H and O–H groups in total. The molecule has 0 amide bonds. The first-order valence-electron chi connectivity index (χ1n) is 9.64. The summed E-state index contributed by atoms with van der Waals surface area (Å²) in [5.74, 6) is 0.192. The third-order valence-corrected chi connectivity index (χ3v) is 4.72. The highest BCUT2D eigenvalue weighted by molar-refractivity contribution is 5.32. The largest absolute Gasteiger partial charge is 0.435 e. The van der Waals surface area contributed by atoms with E-state index in [2.05, 4.69) is 4.74 Å². The van der Waals surface area contributed by atoms with Crippen LogP contribution in [0.2, 0.25) is 0 Å². The normalized spacial score (nSPS) is 11.5. The van der Waals surface area contributed by atoms with Gasteiger partial charge in [-0.2, -0.15) is 17.6 Å². The van der Waals surface area contributed by atoms with E-state index in [0.717, 1.165) is 23.1 Å². The monoisotopic (exact) mass is 418 g/mol. The van der Waals surface area contributed by atoms with E-state index in [4.69, 9.17) is 4.74 Å². The SMILES string of the molecule is CCc1ccc(C(F)(F)Oc2ccc(CCc3ccc(OC(F)F)cc3)cc2)cc1. The van der Waals surface area contributed by atoms with Gasteiger partial charge in [0, 0.05) is 0 Å². The van der Waals surface area contributed by atoms with Crippen LogP contribution in [0.3, 0.4) is 0 Å². The van der Waals surface area contributed by atoms with Crippen molar-refractivity contribution in [1.29, 1.82) is 0 Å². The van der Waals surface area contributed by atoms with Crippen molar-refractivity contribution in [3.63, 3.8) is 0 Å². The lowest BCUT2D eigenvalue weighted by atomic mass is 10.0. The number of rotatable bonds is 9. The van der Waals surface area contributed by atoms with Crippen molar-refractivity contribution in [3.8, 4) is 11.5 Å². The molecule has 0 aliphatic heterocycles. The number of aryl methyl sites for hydroxylation is 3. The van der Waals surface area contributed by atoms with Gasteiger partial charge in [-0.1, -0.05) is 43.3 Å². The van der Waals surface area contributed by atoms with Gasteiger partial charge < -0.3 is 9.47 Å². The molecule has 0 unspecified atom stereocenters. The molecule has 0 saturated heterocycles. The first-order valence-corrected chi connectivity index (χ1v) is 9.64. The number of halogens is 4. The third kappa shape index (κ3) is 5.99. The maximum absolute atomic E-state index is 14.4. The minimum absolute atomic E-state index is 0.0804. The minimum atomic E-state index is -3.42. The molecule has 158 valence electrons. The minimum Gasteiger partial charge on any atom is -0.435 e. The fourth-order valence-corrected chi connectivity index (χ4v) is 2.99. The molecule has 30 heavy (non-hydrogen) atoms. The van der Waals surface area contributed by atoms with E-state index in [0.29, 0.717) is 12.8 Å². The van der Waals surface area contributed by atoms with Crippen LogP contribution in [0.4, 0.5) is 17.6 Å². The Morgan fingerprint density at radius 2 is 1.17 bits per heavy atom. The van der Waals surface area contributed by atoms with Crippen LogP contribution in [-0.2, 0) is 25.4 Å². The highest BCUT2D eigenvalue weighted by Gasteiger charge is 2.34. The van der Waals surface area contributed by atoms with Gasteiger partial charge in [0.25, 0.3) is 0 Å². The highest BCUT2D eigenvalue weighted by Crippen LogP contribution is 2.32. The molecule has 0 spiro atoms. The van der Waals surface area contributed by atoms with Crippen LogP contribution in [0.1, 0.15) is 29.2 Å². The summed E-state index contributed by atoms with van der Waals surface area (Å²) in [6, 6.07) is 19.0. The number of hydrogen-bond acceptors (Lipinski definition) is 2. The Bertz CT molecular complexity index is 921. The van der Waals surface area contributed by atoms with Gasteiger partial charge in [0.1, 0.15) is 11.5 Å². The molecule has 0 bridgehead atoms. The summed E-state index contributed by atoms with van der Waals surface area (Å²) in [6.45, 7) is -0.887. The molecule has 3 aromatic rings. The first kappa shape index (κ1) is 21.7. The van der Waals surface area contributed by atoms with Crippen molar-refractivity contribution in [3.05, 3.63) is 95.1 Å². The second-order valence-electron chi connectivity index (χ2n) is 6.84. The zero-order valence-corrected chi connectivity index (χ0v) is 16.5. The second-order valence-corrected chi connectivity index (χ2v) is 6.84. The Hall–Kier alpha value is -3.02. The maximum Gasteiger partial charge on any atom is 0.426 e. The maximum atomic E-state index is 14.4. The first-order chi connectivity index (χ1) is 14.4.